The first kappa shape index (κ1) is 14.4. The molecule has 112 valence electrons. The molecule has 2 aromatic rings. The maximum Gasteiger partial charge on any atom is 0.227 e. The van der Waals surface area contributed by atoms with Crippen molar-refractivity contribution in [3.8, 4) is 5.75 Å². The quantitative estimate of drug-likeness (QED) is 0.915. The van der Waals surface area contributed by atoms with Crippen LogP contribution in [0.2, 0.25) is 0 Å². The Hall–Kier alpha value is -1.53. The van der Waals surface area contributed by atoms with Crippen LogP contribution in [0.15, 0.2) is 33.7 Å². The molecule has 0 bridgehead atoms. The predicted molar refractivity (Wildman–Crippen MR) is 81.4 cm³/mol. The standard InChI is InChI=1S/C15H19N3O2S/c1-2-10(8-16)7-14-17-15(18-20-14)12-9-21-13-6-4-3-5-11(13)19-12/h3-6,10,12H,2,7-9,16H2,1H3. The van der Waals surface area contributed by atoms with E-state index in [1.54, 1.807) is 11.8 Å². The van der Waals surface area contributed by atoms with Crippen molar-refractivity contribution in [1.82, 2.24) is 10.1 Å². The summed E-state index contributed by atoms with van der Waals surface area (Å²) in [5.41, 5.74) is 5.72. The van der Waals surface area contributed by atoms with E-state index in [1.165, 1.54) is 0 Å². The summed E-state index contributed by atoms with van der Waals surface area (Å²) in [4.78, 5) is 5.63. The van der Waals surface area contributed by atoms with Crippen molar-refractivity contribution >= 4 is 11.8 Å². The molecule has 0 spiro atoms. The van der Waals surface area contributed by atoms with Crippen LogP contribution in [0, 0.1) is 5.92 Å². The molecule has 0 radical (unpaired) electrons. The zero-order valence-corrected chi connectivity index (χ0v) is 12.8. The first-order valence-electron chi connectivity index (χ1n) is 7.21. The van der Waals surface area contributed by atoms with Gasteiger partial charge in [-0.2, -0.15) is 4.98 Å². The zero-order chi connectivity index (χ0) is 14.7. The fourth-order valence-corrected chi connectivity index (χ4v) is 3.25. The molecule has 2 N–H and O–H groups in total. The van der Waals surface area contributed by atoms with Gasteiger partial charge in [-0.15, -0.1) is 11.8 Å². The van der Waals surface area contributed by atoms with Crippen LogP contribution in [0.25, 0.3) is 0 Å². The van der Waals surface area contributed by atoms with E-state index < -0.39 is 0 Å². The van der Waals surface area contributed by atoms with Crippen molar-refractivity contribution in [1.29, 1.82) is 0 Å². The molecule has 3 rings (SSSR count). The monoisotopic (exact) mass is 305 g/mol. The van der Waals surface area contributed by atoms with Gasteiger partial charge in [0.2, 0.25) is 11.7 Å². The summed E-state index contributed by atoms with van der Waals surface area (Å²) >= 11 is 1.76. The molecule has 1 aliphatic rings. The largest absolute Gasteiger partial charge is 0.480 e. The number of nitrogens with zero attached hydrogens (tertiary/aromatic N) is 2. The number of hydrogen-bond donors (Lipinski definition) is 1. The van der Waals surface area contributed by atoms with E-state index in [0.717, 1.165) is 29.2 Å². The Labute approximate surface area is 128 Å². The molecule has 0 aliphatic carbocycles. The Balaban J connectivity index is 1.70. The molecule has 0 saturated carbocycles. The molecule has 1 aromatic carbocycles. The molecule has 6 heteroatoms. The lowest BCUT2D eigenvalue weighted by atomic mass is 10.0. The number of benzene rings is 1. The summed E-state index contributed by atoms with van der Waals surface area (Å²) in [5.74, 6) is 3.34. The second-order valence-electron chi connectivity index (χ2n) is 5.12. The number of para-hydroxylation sites is 1. The van der Waals surface area contributed by atoms with Gasteiger partial charge < -0.3 is 15.0 Å². The van der Waals surface area contributed by atoms with Crippen LogP contribution in [-0.2, 0) is 6.42 Å². The van der Waals surface area contributed by atoms with E-state index in [1.807, 2.05) is 18.2 Å². The maximum absolute atomic E-state index is 5.96. The molecule has 0 saturated heterocycles. The van der Waals surface area contributed by atoms with Gasteiger partial charge in [-0.05, 0) is 24.6 Å². The third-order valence-corrected chi connectivity index (χ3v) is 4.77. The normalized spacial score (nSPS) is 18.9. The van der Waals surface area contributed by atoms with Crippen LogP contribution in [0.4, 0.5) is 0 Å². The molecule has 2 unspecified atom stereocenters. The fourth-order valence-electron chi connectivity index (χ4n) is 2.27. The topological polar surface area (TPSA) is 74.2 Å². The minimum Gasteiger partial charge on any atom is -0.480 e. The summed E-state index contributed by atoms with van der Waals surface area (Å²) in [7, 11) is 0. The van der Waals surface area contributed by atoms with Gasteiger partial charge in [0, 0.05) is 17.1 Å². The second kappa shape index (κ2) is 6.49. The number of thioether (sulfide) groups is 1. The van der Waals surface area contributed by atoms with Crippen LogP contribution >= 0.6 is 11.8 Å². The van der Waals surface area contributed by atoms with Crippen LogP contribution < -0.4 is 10.5 Å². The van der Waals surface area contributed by atoms with Gasteiger partial charge in [0.25, 0.3) is 0 Å². The summed E-state index contributed by atoms with van der Waals surface area (Å²) in [5, 5.41) is 4.07. The summed E-state index contributed by atoms with van der Waals surface area (Å²) < 4.78 is 11.3. The third-order valence-electron chi connectivity index (χ3n) is 3.65. The highest BCUT2D eigenvalue weighted by Gasteiger charge is 2.26. The van der Waals surface area contributed by atoms with Gasteiger partial charge in [-0.25, -0.2) is 0 Å². The SMILES string of the molecule is CCC(CN)Cc1nc(C2CSc3ccccc3O2)no1. The lowest BCUT2D eigenvalue weighted by Gasteiger charge is -2.22. The van der Waals surface area contributed by atoms with Crippen molar-refractivity contribution < 1.29 is 9.26 Å². The number of ether oxygens (including phenoxy) is 1. The van der Waals surface area contributed by atoms with Gasteiger partial charge in [-0.3, -0.25) is 0 Å². The van der Waals surface area contributed by atoms with Gasteiger partial charge in [-0.1, -0.05) is 30.6 Å². The minimum atomic E-state index is -0.152. The zero-order valence-electron chi connectivity index (χ0n) is 12.0. The minimum absolute atomic E-state index is 0.152. The number of nitrogens with two attached hydrogens (primary N) is 1. The van der Waals surface area contributed by atoms with E-state index in [9.17, 15) is 0 Å². The highest BCUT2D eigenvalue weighted by atomic mass is 32.2. The Morgan fingerprint density at radius 3 is 3.10 bits per heavy atom. The Morgan fingerprint density at radius 2 is 2.29 bits per heavy atom. The lowest BCUT2D eigenvalue weighted by molar-refractivity contribution is 0.205. The van der Waals surface area contributed by atoms with Gasteiger partial charge in [0.1, 0.15) is 5.75 Å². The Kier molecular flexibility index (Phi) is 4.45. The van der Waals surface area contributed by atoms with Crippen molar-refractivity contribution in [2.75, 3.05) is 12.3 Å². The molecular formula is C15H19N3O2S. The van der Waals surface area contributed by atoms with E-state index in [0.29, 0.717) is 24.2 Å². The Bertz CT molecular complexity index is 598. The van der Waals surface area contributed by atoms with Crippen molar-refractivity contribution in [2.45, 2.75) is 30.8 Å². The third kappa shape index (κ3) is 3.22. The molecule has 2 atom stereocenters. The number of aromatic nitrogens is 2. The fraction of sp³-hybridized carbons (Fsp3) is 0.467. The highest BCUT2D eigenvalue weighted by molar-refractivity contribution is 7.99. The summed E-state index contributed by atoms with van der Waals surface area (Å²) in [6.07, 6.45) is 1.59. The summed E-state index contributed by atoms with van der Waals surface area (Å²) in [6, 6.07) is 8.01. The average molecular weight is 305 g/mol. The van der Waals surface area contributed by atoms with Gasteiger partial charge >= 0.3 is 0 Å². The highest BCUT2D eigenvalue weighted by Crippen LogP contribution is 2.39. The van der Waals surface area contributed by atoms with Crippen LogP contribution in [-0.4, -0.2) is 22.4 Å². The van der Waals surface area contributed by atoms with Crippen LogP contribution in [0.1, 0.15) is 31.2 Å². The molecule has 0 amide bonds. The Morgan fingerprint density at radius 1 is 1.43 bits per heavy atom. The van der Waals surface area contributed by atoms with Crippen LogP contribution in [0.5, 0.6) is 5.75 Å². The van der Waals surface area contributed by atoms with E-state index in [4.69, 9.17) is 15.0 Å². The molecule has 1 aromatic heterocycles. The number of hydrogen-bond acceptors (Lipinski definition) is 6. The van der Waals surface area contributed by atoms with Gasteiger partial charge in [0.15, 0.2) is 6.10 Å². The average Bonchev–Trinajstić information content (AvgIpc) is 3.00. The summed E-state index contributed by atoms with van der Waals surface area (Å²) in [6.45, 7) is 2.75. The molecule has 5 nitrogen and oxygen atoms in total. The maximum atomic E-state index is 5.96. The first-order valence-corrected chi connectivity index (χ1v) is 8.19. The van der Waals surface area contributed by atoms with Crippen molar-refractivity contribution in [3.63, 3.8) is 0 Å². The number of rotatable bonds is 5. The number of fused-ring (bicyclic) bond motifs is 1. The van der Waals surface area contributed by atoms with Crippen LogP contribution in [0.3, 0.4) is 0 Å². The van der Waals surface area contributed by atoms with E-state index >= 15 is 0 Å². The molecule has 1 aliphatic heterocycles. The van der Waals surface area contributed by atoms with E-state index in [-0.39, 0.29) is 6.10 Å². The lowest BCUT2D eigenvalue weighted by Crippen LogP contribution is -2.17. The first-order chi connectivity index (χ1) is 10.3. The second-order valence-corrected chi connectivity index (χ2v) is 6.19. The van der Waals surface area contributed by atoms with Crippen molar-refractivity contribution in [2.24, 2.45) is 11.7 Å². The molecular weight excluding hydrogens is 286 g/mol. The van der Waals surface area contributed by atoms with Crippen molar-refractivity contribution in [3.05, 3.63) is 36.0 Å². The van der Waals surface area contributed by atoms with Gasteiger partial charge in [0.05, 0.1) is 0 Å². The smallest absolute Gasteiger partial charge is 0.227 e. The molecule has 2 heterocycles. The molecule has 21 heavy (non-hydrogen) atoms. The predicted octanol–water partition coefficient (Wildman–Crippen LogP) is 2.82. The molecule has 0 fully saturated rings. The van der Waals surface area contributed by atoms with E-state index in [2.05, 4.69) is 23.1 Å².